The van der Waals surface area contributed by atoms with Crippen molar-refractivity contribution in [1.29, 1.82) is 0 Å². The highest BCUT2D eigenvalue weighted by atomic mass is 32.2. The van der Waals surface area contributed by atoms with E-state index in [1.165, 1.54) is 0 Å². The van der Waals surface area contributed by atoms with Crippen molar-refractivity contribution in [3.05, 3.63) is 11.9 Å². The first kappa shape index (κ1) is 13.3. The van der Waals surface area contributed by atoms with Gasteiger partial charge in [-0.2, -0.15) is 0 Å². The van der Waals surface area contributed by atoms with Gasteiger partial charge < -0.3 is 10.4 Å². The van der Waals surface area contributed by atoms with Crippen LogP contribution in [0.15, 0.2) is 11.4 Å². The van der Waals surface area contributed by atoms with Gasteiger partial charge in [0.2, 0.25) is 0 Å². The molecule has 5 heteroatoms. The summed E-state index contributed by atoms with van der Waals surface area (Å²) in [7, 11) is 1.86. The van der Waals surface area contributed by atoms with Gasteiger partial charge in [-0.25, -0.2) is 9.97 Å². The topological polar surface area (TPSA) is 58.0 Å². The summed E-state index contributed by atoms with van der Waals surface area (Å²) in [5.74, 6) is 1.23. The molecule has 0 saturated carbocycles. The standard InChI is InChI=1S/C11H19N3OS/c1-7(2)9-10(12-4)13-6-14-11(9)16-8(3)5-15/h6-8,15H,5H2,1-4H3,(H,12,13,14). The average molecular weight is 241 g/mol. The minimum absolute atomic E-state index is 0.150. The monoisotopic (exact) mass is 241 g/mol. The van der Waals surface area contributed by atoms with Crippen molar-refractivity contribution in [3.8, 4) is 0 Å². The van der Waals surface area contributed by atoms with Crippen molar-refractivity contribution in [2.75, 3.05) is 19.0 Å². The molecule has 1 heterocycles. The van der Waals surface area contributed by atoms with Gasteiger partial charge in [-0.15, -0.1) is 11.8 Å². The SMILES string of the molecule is CNc1ncnc(SC(C)CO)c1C(C)C. The molecule has 1 rings (SSSR count). The van der Waals surface area contributed by atoms with Crippen LogP contribution in [0.25, 0.3) is 0 Å². The predicted octanol–water partition coefficient (Wildman–Crippen LogP) is 2.11. The molecule has 0 aliphatic heterocycles. The van der Waals surface area contributed by atoms with Crippen LogP contribution in [0.4, 0.5) is 5.82 Å². The Morgan fingerprint density at radius 3 is 2.56 bits per heavy atom. The molecule has 0 aliphatic carbocycles. The van der Waals surface area contributed by atoms with Crippen molar-refractivity contribution >= 4 is 17.6 Å². The maximum Gasteiger partial charge on any atom is 0.133 e. The molecule has 0 aliphatic rings. The van der Waals surface area contributed by atoms with Gasteiger partial charge >= 0.3 is 0 Å². The summed E-state index contributed by atoms with van der Waals surface area (Å²) in [5.41, 5.74) is 1.12. The molecule has 16 heavy (non-hydrogen) atoms. The minimum atomic E-state index is 0.150. The molecule has 2 N–H and O–H groups in total. The van der Waals surface area contributed by atoms with Crippen molar-refractivity contribution in [1.82, 2.24) is 9.97 Å². The second kappa shape index (κ2) is 6.06. The normalized spacial score (nSPS) is 12.9. The molecule has 0 aromatic carbocycles. The maximum atomic E-state index is 9.07. The third-order valence-corrected chi connectivity index (χ3v) is 3.33. The molecule has 90 valence electrons. The van der Waals surface area contributed by atoms with Crippen LogP contribution in [0.3, 0.4) is 0 Å². The van der Waals surface area contributed by atoms with Crippen molar-refractivity contribution in [2.24, 2.45) is 0 Å². The van der Waals surface area contributed by atoms with E-state index >= 15 is 0 Å². The second-order valence-electron chi connectivity index (χ2n) is 3.96. The first-order chi connectivity index (χ1) is 7.60. The molecule has 0 bridgehead atoms. The molecule has 4 nitrogen and oxygen atoms in total. The third kappa shape index (κ3) is 3.09. The van der Waals surface area contributed by atoms with E-state index in [9.17, 15) is 0 Å². The number of aliphatic hydroxyl groups is 1. The van der Waals surface area contributed by atoms with Gasteiger partial charge in [0.05, 0.1) is 6.61 Å². The quantitative estimate of drug-likeness (QED) is 0.611. The Hall–Kier alpha value is -0.810. The molecule has 1 aromatic heterocycles. The maximum absolute atomic E-state index is 9.07. The summed E-state index contributed by atoms with van der Waals surface area (Å²) in [6, 6.07) is 0. The summed E-state index contributed by atoms with van der Waals surface area (Å²) >= 11 is 1.59. The van der Waals surface area contributed by atoms with Gasteiger partial charge in [-0.1, -0.05) is 20.8 Å². The summed E-state index contributed by atoms with van der Waals surface area (Å²) in [6.07, 6.45) is 1.56. The van der Waals surface area contributed by atoms with Gasteiger partial charge in [-0.05, 0) is 5.92 Å². The highest BCUT2D eigenvalue weighted by molar-refractivity contribution is 7.99. The van der Waals surface area contributed by atoms with E-state index in [0.29, 0.717) is 5.92 Å². The Morgan fingerprint density at radius 1 is 1.38 bits per heavy atom. The van der Waals surface area contributed by atoms with Gasteiger partial charge in [0, 0.05) is 17.9 Å². The van der Waals surface area contributed by atoms with Crippen LogP contribution in [-0.2, 0) is 0 Å². The third-order valence-electron chi connectivity index (χ3n) is 2.23. The van der Waals surface area contributed by atoms with Crippen LogP contribution in [0.2, 0.25) is 0 Å². The zero-order valence-corrected chi connectivity index (χ0v) is 11.0. The Balaban J connectivity index is 3.07. The number of thioether (sulfide) groups is 1. The number of aliphatic hydroxyl groups excluding tert-OH is 1. The van der Waals surface area contributed by atoms with E-state index in [0.717, 1.165) is 16.4 Å². The molecule has 1 atom stereocenters. The molecular formula is C11H19N3OS. The van der Waals surface area contributed by atoms with Gasteiger partial charge in [-0.3, -0.25) is 0 Å². The number of aromatic nitrogens is 2. The Labute approximate surface area is 101 Å². The number of anilines is 1. The summed E-state index contributed by atoms with van der Waals surface area (Å²) in [4.78, 5) is 8.51. The van der Waals surface area contributed by atoms with E-state index in [2.05, 4.69) is 29.1 Å². The van der Waals surface area contributed by atoms with E-state index in [4.69, 9.17) is 5.11 Å². The van der Waals surface area contributed by atoms with Crippen LogP contribution in [0.1, 0.15) is 32.3 Å². The van der Waals surface area contributed by atoms with Crippen molar-refractivity contribution in [3.63, 3.8) is 0 Å². The summed E-state index contributed by atoms with van der Waals surface area (Å²) in [5, 5.41) is 13.3. The van der Waals surface area contributed by atoms with Gasteiger partial charge in [0.1, 0.15) is 17.2 Å². The van der Waals surface area contributed by atoms with E-state index in [-0.39, 0.29) is 11.9 Å². The van der Waals surface area contributed by atoms with E-state index in [1.54, 1.807) is 18.1 Å². The number of nitrogens with zero attached hydrogens (tertiary/aromatic N) is 2. The van der Waals surface area contributed by atoms with Gasteiger partial charge in [0.25, 0.3) is 0 Å². The van der Waals surface area contributed by atoms with Crippen LogP contribution in [0.5, 0.6) is 0 Å². The predicted molar refractivity (Wildman–Crippen MR) is 68.1 cm³/mol. The fraction of sp³-hybridized carbons (Fsp3) is 0.636. The highest BCUT2D eigenvalue weighted by Gasteiger charge is 2.16. The molecule has 1 aromatic rings. The fourth-order valence-corrected chi connectivity index (χ4v) is 2.44. The molecule has 1 unspecified atom stereocenters. The molecule has 0 radical (unpaired) electrons. The van der Waals surface area contributed by atoms with Crippen LogP contribution in [-0.4, -0.2) is 34.0 Å². The Bertz CT molecular complexity index is 344. The molecule has 0 amide bonds. The lowest BCUT2D eigenvalue weighted by atomic mass is 10.1. The van der Waals surface area contributed by atoms with Crippen molar-refractivity contribution in [2.45, 2.75) is 37.0 Å². The number of rotatable bonds is 5. The Morgan fingerprint density at radius 2 is 2.06 bits per heavy atom. The number of nitrogens with one attached hydrogen (secondary N) is 1. The Kier molecular flexibility index (Phi) is 5.02. The average Bonchev–Trinajstić information content (AvgIpc) is 2.28. The van der Waals surface area contributed by atoms with E-state index < -0.39 is 0 Å². The van der Waals surface area contributed by atoms with Gasteiger partial charge in [0.15, 0.2) is 0 Å². The smallest absolute Gasteiger partial charge is 0.133 e. The molecular weight excluding hydrogens is 222 g/mol. The molecule has 0 spiro atoms. The van der Waals surface area contributed by atoms with E-state index in [1.807, 2.05) is 14.0 Å². The lowest BCUT2D eigenvalue weighted by molar-refractivity contribution is 0.300. The first-order valence-electron chi connectivity index (χ1n) is 5.40. The minimum Gasteiger partial charge on any atom is -0.395 e. The number of hydrogen-bond donors (Lipinski definition) is 2. The van der Waals surface area contributed by atoms with Crippen LogP contribution >= 0.6 is 11.8 Å². The van der Waals surface area contributed by atoms with Crippen LogP contribution < -0.4 is 5.32 Å². The molecule has 0 saturated heterocycles. The molecule has 0 fully saturated rings. The van der Waals surface area contributed by atoms with Crippen molar-refractivity contribution < 1.29 is 5.11 Å². The first-order valence-corrected chi connectivity index (χ1v) is 6.28. The number of hydrogen-bond acceptors (Lipinski definition) is 5. The lowest BCUT2D eigenvalue weighted by Crippen LogP contribution is -2.08. The fourth-order valence-electron chi connectivity index (χ4n) is 1.42. The largest absolute Gasteiger partial charge is 0.395 e. The summed E-state index contributed by atoms with van der Waals surface area (Å²) in [6.45, 7) is 6.37. The zero-order valence-electron chi connectivity index (χ0n) is 10.2. The lowest BCUT2D eigenvalue weighted by Gasteiger charge is -2.16. The van der Waals surface area contributed by atoms with Crippen LogP contribution in [0, 0.1) is 0 Å². The summed E-state index contributed by atoms with van der Waals surface area (Å²) < 4.78 is 0. The highest BCUT2D eigenvalue weighted by Crippen LogP contribution is 2.32. The second-order valence-corrected chi connectivity index (χ2v) is 5.38. The zero-order chi connectivity index (χ0) is 12.1.